The fourth-order valence-corrected chi connectivity index (χ4v) is 5.58. The van der Waals surface area contributed by atoms with Crippen molar-refractivity contribution < 1.29 is 14.6 Å². The van der Waals surface area contributed by atoms with Crippen LogP contribution in [0.1, 0.15) is 43.0 Å². The van der Waals surface area contributed by atoms with Crippen LogP contribution in [-0.4, -0.2) is 61.1 Å². The number of carbonyl (C=O) groups is 1. The van der Waals surface area contributed by atoms with E-state index in [4.69, 9.17) is 16.3 Å². The van der Waals surface area contributed by atoms with Gasteiger partial charge in [0.15, 0.2) is 17.3 Å². The summed E-state index contributed by atoms with van der Waals surface area (Å²) < 4.78 is 5.32. The molecule has 0 amide bonds. The topological polar surface area (TPSA) is 65.9 Å². The van der Waals surface area contributed by atoms with Gasteiger partial charge in [-0.25, -0.2) is 0 Å². The molecule has 1 aliphatic heterocycles. The maximum Gasteiger partial charge on any atom is 0.176 e. The number of pyridine rings is 1. The van der Waals surface area contributed by atoms with Crippen molar-refractivity contribution in [2.45, 2.75) is 38.6 Å². The van der Waals surface area contributed by atoms with E-state index in [-0.39, 0.29) is 22.5 Å². The normalized spacial score (nSPS) is 17.6. The molecular weight excluding hydrogens is 474 g/mol. The van der Waals surface area contributed by atoms with Gasteiger partial charge in [-0.2, -0.15) is 0 Å². The fraction of sp³-hybridized carbons (Fsp3) is 0.448. The number of phenolic OH excluding ortho intramolecular Hbond substituents is 1. The highest BCUT2D eigenvalue weighted by Gasteiger charge is 2.35. The number of hydrogen-bond donors (Lipinski definition) is 1. The zero-order chi connectivity index (χ0) is 25.6. The number of ketones is 1. The third-order valence-electron chi connectivity index (χ3n) is 7.99. The summed E-state index contributed by atoms with van der Waals surface area (Å²) in [6.07, 6.45) is 5.89. The van der Waals surface area contributed by atoms with E-state index >= 15 is 0 Å². The largest absolute Gasteiger partial charge is 0.503 e. The molecule has 190 valence electrons. The number of rotatable bonds is 7. The van der Waals surface area contributed by atoms with Crippen molar-refractivity contribution in [1.82, 2.24) is 9.88 Å². The Bertz CT molecular complexity index is 1300. The number of ether oxygens (including phenoxy) is 1. The summed E-state index contributed by atoms with van der Waals surface area (Å²) in [4.78, 5) is 22.7. The molecule has 1 atom stereocenters. The van der Waals surface area contributed by atoms with Gasteiger partial charge in [-0.05, 0) is 88.0 Å². The van der Waals surface area contributed by atoms with Crippen molar-refractivity contribution in [3.05, 3.63) is 47.1 Å². The minimum Gasteiger partial charge on any atom is -0.503 e. The zero-order valence-corrected chi connectivity index (χ0v) is 22.2. The Labute approximate surface area is 217 Å². The monoisotopic (exact) mass is 507 g/mol. The number of methoxy groups -OCH3 is 1. The number of aromatic hydroxyl groups is 1. The van der Waals surface area contributed by atoms with Gasteiger partial charge in [-0.1, -0.05) is 17.7 Å². The molecule has 0 bridgehead atoms. The number of nitrogens with zero attached hydrogens (tertiary/aromatic N) is 3. The van der Waals surface area contributed by atoms with Gasteiger partial charge in [-0.3, -0.25) is 9.78 Å². The second-order valence-corrected chi connectivity index (χ2v) is 10.8. The van der Waals surface area contributed by atoms with Gasteiger partial charge in [0.05, 0.1) is 28.9 Å². The van der Waals surface area contributed by atoms with Crippen molar-refractivity contribution >= 4 is 34.0 Å². The lowest BCUT2D eigenvalue weighted by atomic mass is 9.88. The highest BCUT2D eigenvalue weighted by molar-refractivity contribution is 6.32. The number of aromatic nitrogens is 1. The summed E-state index contributed by atoms with van der Waals surface area (Å²) >= 11 is 6.29. The van der Waals surface area contributed by atoms with Gasteiger partial charge in [0.1, 0.15) is 0 Å². The van der Waals surface area contributed by atoms with Gasteiger partial charge in [0.2, 0.25) is 0 Å². The molecular formula is C29H34ClN3O3. The average Bonchev–Trinajstić information content (AvgIpc) is 3.74. The molecule has 1 unspecified atom stereocenters. The maximum atomic E-state index is 13.4. The van der Waals surface area contributed by atoms with Crippen molar-refractivity contribution in [1.29, 1.82) is 0 Å². The Morgan fingerprint density at radius 3 is 2.50 bits per heavy atom. The molecule has 1 aromatic heterocycles. The van der Waals surface area contributed by atoms with Gasteiger partial charge in [0.25, 0.3) is 0 Å². The van der Waals surface area contributed by atoms with E-state index in [0.717, 1.165) is 72.1 Å². The van der Waals surface area contributed by atoms with Crippen LogP contribution in [0, 0.1) is 11.8 Å². The highest BCUT2D eigenvalue weighted by atomic mass is 35.5. The number of halogens is 1. The van der Waals surface area contributed by atoms with Gasteiger partial charge in [0, 0.05) is 36.6 Å². The Balaban J connectivity index is 1.59. The summed E-state index contributed by atoms with van der Waals surface area (Å²) in [6.45, 7) is 4.12. The molecule has 36 heavy (non-hydrogen) atoms. The lowest BCUT2D eigenvalue weighted by Crippen LogP contribution is -2.42. The molecule has 2 aromatic carbocycles. The van der Waals surface area contributed by atoms with Crippen LogP contribution in [0.2, 0.25) is 5.02 Å². The van der Waals surface area contributed by atoms with Gasteiger partial charge >= 0.3 is 0 Å². The summed E-state index contributed by atoms with van der Waals surface area (Å²) in [6, 6.07) is 10.1. The molecule has 6 nitrogen and oxygen atoms in total. The van der Waals surface area contributed by atoms with Crippen LogP contribution >= 0.6 is 11.6 Å². The summed E-state index contributed by atoms with van der Waals surface area (Å²) in [5.41, 5.74) is 4.37. The number of anilines is 1. The molecule has 2 fully saturated rings. The van der Waals surface area contributed by atoms with E-state index in [0.29, 0.717) is 17.7 Å². The predicted octanol–water partition coefficient (Wildman–Crippen LogP) is 6.03. The maximum absolute atomic E-state index is 13.4. The number of fused-ring (bicyclic) bond motifs is 1. The van der Waals surface area contributed by atoms with E-state index in [1.807, 2.05) is 12.1 Å². The van der Waals surface area contributed by atoms with E-state index in [1.165, 1.54) is 7.11 Å². The van der Waals surface area contributed by atoms with Crippen molar-refractivity contribution in [3.8, 4) is 22.6 Å². The van der Waals surface area contributed by atoms with E-state index < -0.39 is 0 Å². The summed E-state index contributed by atoms with van der Waals surface area (Å²) in [5.74, 6) is 1.22. The molecule has 1 aliphatic carbocycles. The molecule has 0 spiro atoms. The second kappa shape index (κ2) is 9.91. The zero-order valence-electron chi connectivity index (χ0n) is 21.4. The molecule has 1 N–H and O–H groups in total. The van der Waals surface area contributed by atoms with E-state index in [2.05, 4.69) is 41.9 Å². The molecule has 0 radical (unpaired) electrons. The molecule has 1 saturated heterocycles. The van der Waals surface area contributed by atoms with Gasteiger partial charge in [-0.15, -0.1) is 0 Å². The SMILES string of the molecule is COc1cc(-c2ccc3ncc(C(=O)C4CC4)c(N4CCC(C(C)N(C)C)CC4)c3c2)cc(Cl)c1O. The van der Waals surface area contributed by atoms with Crippen molar-refractivity contribution in [2.24, 2.45) is 11.8 Å². The Morgan fingerprint density at radius 2 is 1.86 bits per heavy atom. The Kier molecular flexibility index (Phi) is 6.84. The van der Waals surface area contributed by atoms with Gasteiger partial charge < -0.3 is 19.6 Å². The number of hydrogen-bond acceptors (Lipinski definition) is 6. The quantitative estimate of drug-likeness (QED) is 0.394. The minimum atomic E-state index is -0.0711. The molecule has 7 heteroatoms. The number of benzene rings is 2. The predicted molar refractivity (Wildman–Crippen MR) is 146 cm³/mol. The van der Waals surface area contributed by atoms with Crippen LogP contribution in [0.5, 0.6) is 11.5 Å². The van der Waals surface area contributed by atoms with E-state index in [9.17, 15) is 9.90 Å². The first-order valence-corrected chi connectivity index (χ1v) is 13.1. The molecule has 2 aliphatic rings. The average molecular weight is 508 g/mol. The first-order chi connectivity index (χ1) is 17.3. The first-order valence-electron chi connectivity index (χ1n) is 12.7. The third-order valence-corrected chi connectivity index (χ3v) is 8.28. The number of phenols is 1. The summed E-state index contributed by atoms with van der Waals surface area (Å²) in [5, 5.41) is 11.4. The summed E-state index contributed by atoms with van der Waals surface area (Å²) in [7, 11) is 5.80. The first kappa shape index (κ1) is 24.8. The van der Waals surface area contributed by atoms with Crippen LogP contribution in [0.4, 0.5) is 5.69 Å². The number of piperidine rings is 1. The lowest BCUT2D eigenvalue weighted by Gasteiger charge is -2.39. The Hall–Kier alpha value is -2.83. The fourth-order valence-electron chi connectivity index (χ4n) is 5.37. The van der Waals surface area contributed by atoms with Crippen LogP contribution in [-0.2, 0) is 0 Å². The smallest absolute Gasteiger partial charge is 0.176 e. The number of Topliss-reactive ketones (excluding diaryl/α,β-unsaturated/α-hetero) is 1. The standard InChI is InChI=1S/C29H34ClN3O3/c1-17(32(2)3)18-9-11-33(12-10-18)27-22-13-20(21-14-24(30)29(35)26(15-21)36-4)7-8-25(22)31-16-23(27)28(34)19-5-6-19/h7-8,13-19,35H,5-6,9-12H2,1-4H3. The molecule has 2 heterocycles. The van der Waals surface area contributed by atoms with Crippen molar-refractivity contribution in [3.63, 3.8) is 0 Å². The van der Waals surface area contributed by atoms with E-state index in [1.54, 1.807) is 18.3 Å². The van der Waals surface area contributed by atoms with Crippen LogP contribution in [0.25, 0.3) is 22.0 Å². The Morgan fingerprint density at radius 1 is 1.14 bits per heavy atom. The van der Waals surface area contributed by atoms with Crippen molar-refractivity contribution in [2.75, 3.05) is 39.2 Å². The third kappa shape index (κ3) is 4.64. The van der Waals surface area contributed by atoms with Crippen LogP contribution in [0.15, 0.2) is 36.5 Å². The molecule has 3 aromatic rings. The lowest BCUT2D eigenvalue weighted by molar-refractivity contribution is 0.0967. The number of carbonyl (C=O) groups excluding carboxylic acids is 1. The van der Waals surface area contributed by atoms with Crippen LogP contribution < -0.4 is 9.64 Å². The second-order valence-electron chi connectivity index (χ2n) is 10.4. The molecule has 1 saturated carbocycles. The minimum absolute atomic E-state index is 0.0711. The highest BCUT2D eigenvalue weighted by Crippen LogP contribution is 2.42. The van der Waals surface area contributed by atoms with Crippen LogP contribution in [0.3, 0.4) is 0 Å². The molecule has 5 rings (SSSR count).